The van der Waals surface area contributed by atoms with E-state index < -0.39 is 24.5 Å². The van der Waals surface area contributed by atoms with Crippen molar-refractivity contribution >= 4 is 29.4 Å². The number of allylic oxidation sites excluding steroid dienone is 2. The maximum absolute atomic E-state index is 12.4. The normalized spacial score (nSPS) is 11.6. The lowest BCUT2D eigenvalue weighted by Gasteiger charge is -2.09. The van der Waals surface area contributed by atoms with E-state index in [1.807, 2.05) is 0 Å². The predicted molar refractivity (Wildman–Crippen MR) is 147 cm³/mol. The molecule has 10 heteroatoms. The van der Waals surface area contributed by atoms with Crippen LogP contribution in [0.3, 0.4) is 0 Å². The molecule has 0 atom stereocenters. The summed E-state index contributed by atoms with van der Waals surface area (Å²) >= 11 is 0. The Balaban J connectivity index is 1.39. The molecule has 0 unspecified atom stereocenters. The third kappa shape index (κ3) is 10.6. The van der Waals surface area contributed by atoms with Gasteiger partial charge in [-0.15, -0.1) is 0 Å². The summed E-state index contributed by atoms with van der Waals surface area (Å²) in [6.45, 7) is 0.107. The van der Waals surface area contributed by atoms with E-state index in [0.29, 0.717) is 29.3 Å². The minimum atomic E-state index is -4.21. The van der Waals surface area contributed by atoms with Gasteiger partial charge in [0.1, 0.15) is 11.5 Å². The van der Waals surface area contributed by atoms with Crippen LogP contribution in [0.25, 0.3) is 6.08 Å². The average Bonchev–Trinajstić information content (AvgIpc) is 2.91. The van der Waals surface area contributed by atoms with Gasteiger partial charge in [0.2, 0.25) is 0 Å². The van der Waals surface area contributed by atoms with Gasteiger partial charge < -0.3 is 25.7 Å². The highest BCUT2D eigenvalue weighted by Crippen LogP contribution is 2.22. The minimum absolute atomic E-state index is 0.0782. The van der Waals surface area contributed by atoms with Gasteiger partial charge in [-0.25, -0.2) is 9.59 Å². The summed E-state index contributed by atoms with van der Waals surface area (Å²) in [6, 6.07) is 17.9. The summed E-state index contributed by atoms with van der Waals surface area (Å²) in [5.41, 5.74) is 14.6. The van der Waals surface area contributed by atoms with Crippen molar-refractivity contribution in [2.75, 3.05) is 24.7 Å². The number of benzene rings is 3. The molecule has 0 fully saturated rings. The van der Waals surface area contributed by atoms with E-state index in [-0.39, 0.29) is 25.2 Å². The van der Waals surface area contributed by atoms with Crippen molar-refractivity contribution in [2.45, 2.75) is 25.4 Å². The zero-order valence-corrected chi connectivity index (χ0v) is 21.5. The lowest BCUT2D eigenvalue weighted by molar-refractivity contribution is -0.138. The summed E-state index contributed by atoms with van der Waals surface area (Å²) < 4.78 is 52.3. The molecule has 4 N–H and O–H groups in total. The number of hydrogen-bond donors (Lipinski definition) is 2. The number of carbonyl (C=O) groups excluding carboxylic acids is 2. The Morgan fingerprint density at radius 2 is 1.55 bits per heavy atom. The molecule has 3 aromatic rings. The minimum Gasteiger partial charge on any atom is -0.494 e. The molecule has 0 aliphatic rings. The largest absolute Gasteiger partial charge is 0.494 e. The van der Waals surface area contributed by atoms with Gasteiger partial charge in [-0.1, -0.05) is 36.4 Å². The molecule has 0 heterocycles. The van der Waals surface area contributed by atoms with Crippen molar-refractivity contribution in [2.24, 2.45) is 0 Å². The molecular formula is C30H29F3N2O5. The van der Waals surface area contributed by atoms with Crippen LogP contribution in [0.15, 0.2) is 85.0 Å². The van der Waals surface area contributed by atoms with Crippen molar-refractivity contribution in [3.05, 3.63) is 102 Å². The first kappa shape index (κ1) is 29.8. The molecule has 40 heavy (non-hydrogen) atoms. The van der Waals surface area contributed by atoms with Crippen LogP contribution in [0.1, 0.15) is 34.3 Å². The number of anilines is 2. The van der Waals surface area contributed by atoms with Gasteiger partial charge in [0.15, 0.2) is 0 Å². The van der Waals surface area contributed by atoms with Crippen LogP contribution in [0.5, 0.6) is 11.5 Å². The molecule has 0 saturated heterocycles. The molecule has 0 spiro atoms. The standard InChI is InChI=1S/C30H29F3N2O5/c31-30(32,33)17-3-18-38-25-14-9-23(10-15-25)29(37)40-26-12-6-21(7-13-26)4-1-2-5-28(36)39-19-16-22-8-11-24(34)20-27(22)35/h1-2,4-15,20H,3,16-19,34-35H2/b4-1+,5-2+. The molecule has 3 rings (SSSR count). The van der Waals surface area contributed by atoms with Crippen LogP contribution in [0, 0.1) is 0 Å². The Kier molecular flexibility index (Phi) is 10.8. The molecule has 7 nitrogen and oxygen atoms in total. The van der Waals surface area contributed by atoms with Crippen molar-refractivity contribution in [3.63, 3.8) is 0 Å². The van der Waals surface area contributed by atoms with Crippen molar-refractivity contribution in [1.82, 2.24) is 0 Å². The molecule has 3 aromatic carbocycles. The first-order valence-corrected chi connectivity index (χ1v) is 12.4. The predicted octanol–water partition coefficient (Wildman–Crippen LogP) is 6.15. The van der Waals surface area contributed by atoms with Gasteiger partial charge in [-0.05, 0) is 66.1 Å². The molecule has 0 radical (unpaired) electrons. The number of hydrogen-bond acceptors (Lipinski definition) is 7. The summed E-state index contributed by atoms with van der Waals surface area (Å²) in [6.07, 6.45) is 1.49. The van der Waals surface area contributed by atoms with Gasteiger partial charge in [-0.3, -0.25) is 0 Å². The number of nitrogen functional groups attached to an aromatic ring is 2. The maximum Gasteiger partial charge on any atom is 0.389 e. The second-order valence-corrected chi connectivity index (χ2v) is 8.64. The van der Waals surface area contributed by atoms with Gasteiger partial charge in [0, 0.05) is 30.3 Å². The highest BCUT2D eigenvalue weighted by Gasteiger charge is 2.26. The fourth-order valence-corrected chi connectivity index (χ4v) is 3.41. The Bertz CT molecular complexity index is 1330. The van der Waals surface area contributed by atoms with Crippen LogP contribution in [0.2, 0.25) is 0 Å². The van der Waals surface area contributed by atoms with Crippen molar-refractivity contribution in [1.29, 1.82) is 0 Å². The Labute approximate surface area is 229 Å². The summed E-state index contributed by atoms with van der Waals surface area (Å²) in [5.74, 6) is -0.384. The molecule has 0 aliphatic carbocycles. The number of ether oxygens (including phenoxy) is 3. The topological polar surface area (TPSA) is 114 Å². The van der Waals surface area contributed by atoms with Gasteiger partial charge >= 0.3 is 18.1 Å². The number of nitrogens with two attached hydrogens (primary N) is 2. The highest BCUT2D eigenvalue weighted by molar-refractivity contribution is 5.91. The van der Waals surface area contributed by atoms with Crippen LogP contribution in [-0.2, 0) is 16.0 Å². The van der Waals surface area contributed by atoms with Gasteiger partial charge in [0.05, 0.1) is 18.8 Å². The van der Waals surface area contributed by atoms with E-state index in [2.05, 4.69) is 0 Å². The average molecular weight is 555 g/mol. The Morgan fingerprint density at radius 3 is 2.23 bits per heavy atom. The third-order valence-electron chi connectivity index (χ3n) is 5.47. The van der Waals surface area contributed by atoms with Gasteiger partial charge in [0.25, 0.3) is 0 Å². The number of esters is 2. The lowest BCUT2D eigenvalue weighted by Crippen LogP contribution is -2.10. The number of rotatable bonds is 12. The molecule has 0 aliphatic heterocycles. The molecule has 210 valence electrons. The quantitative estimate of drug-likeness (QED) is 0.0690. The van der Waals surface area contributed by atoms with E-state index in [9.17, 15) is 22.8 Å². The molecule has 0 bridgehead atoms. The van der Waals surface area contributed by atoms with Gasteiger partial charge in [-0.2, -0.15) is 13.2 Å². The zero-order valence-electron chi connectivity index (χ0n) is 21.5. The molecule has 0 aromatic heterocycles. The molecule has 0 saturated carbocycles. The van der Waals surface area contributed by atoms with Crippen LogP contribution < -0.4 is 20.9 Å². The van der Waals surface area contributed by atoms with Crippen LogP contribution >= 0.6 is 0 Å². The Morgan fingerprint density at radius 1 is 0.850 bits per heavy atom. The first-order chi connectivity index (χ1) is 19.1. The van der Waals surface area contributed by atoms with Crippen LogP contribution in [0.4, 0.5) is 24.5 Å². The van der Waals surface area contributed by atoms with E-state index in [1.165, 1.54) is 30.3 Å². The number of halogens is 3. The summed E-state index contributed by atoms with van der Waals surface area (Å²) in [5, 5.41) is 0. The molecule has 0 amide bonds. The van der Waals surface area contributed by atoms with E-state index in [0.717, 1.165) is 11.1 Å². The number of alkyl halides is 3. The fraction of sp³-hybridized carbons (Fsp3) is 0.200. The second-order valence-electron chi connectivity index (χ2n) is 8.64. The summed E-state index contributed by atoms with van der Waals surface area (Å²) in [7, 11) is 0. The van der Waals surface area contributed by atoms with E-state index >= 15 is 0 Å². The zero-order chi connectivity index (χ0) is 29.0. The van der Waals surface area contributed by atoms with Crippen LogP contribution in [-0.4, -0.2) is 31.3 Å². The van der Waals surface area contributed by atoms with Crippen molar-refractivity contribution < 1.29 is 37.0 Å². The van der Waals surface area contributed by atoms with Crippen molar-refractivity contribution in [3.8, 4) is 11.5 Å². The first-order valence-electron chi connectivity index (χ1n) is 12.4. The lowest BCUT2D eigenvalue weighted by atomic mass is 10.1. The SMILES string of the molecule is Nc1ccc(CCOC(=O)/C=C/C=C/c2ccc(OC(=O)c3ccc(OCCCC(F)(F)F)cc3)cc2)c(N)c1. The fourth-order valence-electron chi connectivity index (χ4n) is 3.41. The highest BCUT2D eigenvalue weighted by atomic mass is 19.4. The van der Waals surface area contributed by atoms with E-state index in [1.54, 1.807) is 60.7 Å². The monoisotopic (exact) mass is 554 g/mol. The molecular weight excluding hydrogens is 525 g/mol. The second kappa shape index (κ2) is 14.4. The third-order valence-corrected chi connectivity index (χ3v) is 5.47. The summed E-state index contributed by atoms with van der Waals surface area (Å²) in [4.78, 5) is 24.2. The van der Waals surface area contributed by atoms with E-state index in [4.69, 9.17) is 25.7 Å². The smallest absolute Gasteiger partial charge is 0.389 e. The Hall–Kier alpha value is -4.73. The number of carbonyl (C=O) groups is 2. The maximum atomic E-state index is 12.4.